The minimum atomic E-state index is -1.77. The van der Waals surface area contributed by atoms with E-state index >= 15 is 0 Å². The van der Waals surface area contributed by atoms with E-state index in [0.29, 0.717) is 39.7 Å². The number of hydrogen-bond donors (Lipinski definition) is 2. The van der Waals surface area contributed by atoms with Gasteiger partial charge in [0, 0.05) is 17.5 Å². The van der Waals surface area contributed by atoms with Gasteiger partial charge in [-0.15, -0.1) is 12.6 Å². The van der Waals surface area contributed by atoms with Gasteiger partial charge in [0.15, 0.2) is 4.87 Å². The maximum atomic E-state index is 13.0. The number of benzene rings is 3. The number of aliphatic carboxylic acids is 1. The molecule has 1 aliphatic rings. The zero-order chi connectivity index (χ0) is 24.6. The summed E-state index contributed by atoms with van der Waals surface area (Å²) in [5, 5.41) is 11.0. The normalized spacial score (nSPS) is 14.7. The van der Waals surface area contributed by atoms with Gasteiger partial charge in [0.2, 0.25) is 5.91 Å². The maximum absolute atomic E-state index is 13.0. The van der Waals surface area contributed by atoms with Crippen LogP contribution in [0.25, 0.3) is 10.8 Å². The van der Waals surface area contributed by atoms with Crippen molar-refractivity contribution in [3.8, 4) is 0 Å². The van der Waals surface area contributed by atoms with E-state index in [1.807, 2.05) is 6.92 Å². The molecule has 3 amide bonds. The molecule has 1 aliphatic heterocycles. The van der Waals surface area contributed by atoms with Gasteiger partial charge >= 0.3 is 5.97 Å². The Balaban J connectivity index is 1.80. The number of hydrogen-bond acceptors (Lipinski definition) is 5. The van der Waals surface area contributed by atoms with Crippen molar-refractivity contribution in [1.29, 1.82) is 0 Å². The molecule has 34 heavy (non-hydrogen) atoms. The summed E-state index contributed by atoms with van der Waals surface area (Å²) in [6.07, 6.45) is 1.60. The Hall–Kier alpha value is -3.65. The van der Waals surface area contributed by atoms with Gasteiger partial charge in [0.25, 0.3) is 11.8 Å². The zero-order valence-electron chi connectivity index (χ0n) is 18.8. The average Bonchev–Trinajstić information content (AvgIpc) is 3.07. The van der Waals surface area contributed by atoms with E-state index in [4.69, 9.17) is 0 Å². The number of fused-ring (bicyclic) bond motifs is 2. The third kappa shape index (κ3) is 3.84. The van der Waals surface area contributed by atoms with Crippen molar-refractivity contribution in [3.05, 3.63) is 71.8 Å². The molecular formula is C26H24N2O5S. The minimum absolute atomic E-state index is 0.188. The van der Waals surface area contributed by atoms with Crippen molar-refractivity contribution >= 4 is 58.5 Å². The van der Waals surface area contributed by atoms with Crippen LogP contribution in [0.2, 0.25) is 0 Å². The summed E-state index contributed by atoms with van der Waals surface area (Å²) < 4.78 is 0. The Labute approximate surface area is 202 Å². The number of unbranched alkanes of at least 4 members (excludes halogenated alkanes) is 1. The minimum Gasteiger partial charge on any atom is -0.479 e. The van der Waals surface area contributed by atoms with Crippen LogP contribution in [0.3, 0.4) is 0 Å². The Bertz CT molecular complexity index is 1300. The number of amides is 3. The molecule has 0 unspecified atom stereocenters. The first-order valence-electron chi connectivity index (χ1n) is 11.0. The monoisotopic (exact) mass is 476 g/mol. The summed E-state index contributed by atoms with van der Waals surface area (Å²) in [6, 6.07) is 16.8. The molecule has 174 valence electrons. The van der Waals surface area contributed by atoms with Gasteiger partial charge in [-0.1, -0.05) is 43.7 Å². The largest absolute Gasteiger partial charge is 0.479 e. The second kappa shape index (κ2) is 8.95. The first-order valence-corrected chi connectivity index (χ1v) is 11.4. The molecule has 4 rings (SSSR count). The van der Waals surface area contributed by atoms with Crippen molar-refractivity contribution in [3.63, 3.8) is 0 Å². The van der Waals surface area contributed by atoms with Gasteiger partial charge in [0.1, 0.15) is 0 Å². The van der Waals surface area contributed by atoms with Crippen LogP contribution >= 0.6 is 12.6 Å². The molecular weight excluding hydrogens is 452 g/mol. The summed E-state index contributed by atoms with van der Waals surface area (Å²) in [5.41, 5.74) is 1.49. The van der Waals surface area contributed by atoms with E-state index in [1.54, 1.807) is 60.7 Å². The molecule has 0 aromatic heterocycles. The number of nitrogens with zero attached hydrogens (tertiary/aromatic N) is 2. The highest BCUT2D eigenvalue weighted by atomic mass is 32.1. The summed E-state index contributed by atoms with van der Waals surface area (Å²) in [6.45, 7) is 3.31. The van der Waals surface area contributed by atoms with Crippen LogP contribution in [0.5, 0.6) is 0 Å². The van der Waals surface area contributed by atoms with E-state index in [0.717, 1.165) is 11.3 Å². The van der Waals surface area contributed by atoms with Crippen LogP contribution in [0.1, 0.15) is 53.8 Å². The molecule has 0 aliphatic carbocycles. The third-order valence-electron chi connectivity index (χ3n) is 5.97. The van der Waals surface area contributed by atoms with Crippen LogP contribution in [-0.2, 0) is 9.59 Å². The molecule has 0 radical (unpaired) electrons. The van der Waals surface area contributed by atoms with Crippen molar-refractivity contribution in [2.24, 2.45) is 0 Å². The van der Waals surface area contributed by atoms with Gasteiger partial charge in [0.05, 0.1) is 16.8 Å². The molecule has 0 bridgehead atoms. The fraction of sp³-hybridized carbons (Fsp3) is 0.231. The van der Waals surface area contributed by atoms with E-state index in [1.165, 1.54) is 11.8 Å². The van der Waals surface area contributed by atoms with Crippen LogP contribution in [0, 0.1) is 0 Å². The lowest BCUT2D eigenvalue weighted by molar-refractivity contribution is -0.141. The van der Waals surface area contributed by atoms with E-state index in [-0.39, 0.29) is 12.3 Å². The summed E-state index contributed by atoms with van der Waals surface area (Å²) in [7, 11) is 0. The maximum Gasteiger partial charge on any atom is 0.340 e. The Morgan fingerprint density at radius 1 is 1.00 bits per heavy atom. The van der Waals surface area contributed by atoms with Crippen molar-refractivity contribution in [2.45, 2.75) is 38.0 Å². The highest BCUT2D eigenvalue weighted by Gasteiger charge is 2.40. The Morgan fingerprint density at radius 2 is 1.65 bits per heavy atom. The standard InChI is InChI=1S/C26H24N2O5S/c1-3-4-12-22(29)28(26(2,34)25(32)33)17-13-14-18-16(15-17)8-7-11-21(18)27-23(30)19-9-5-6-10-20(19)24(27)31/h5-11,13-15,34H,3-4,12H2,1-2H3,(H,32,33)/t26-/m1/s1. The molecule has 3 aromatic rings. The molecule has 0 saturated heterocycles. The van der Waals surface area contributed by atoms with Gasteiger partial charge in [-0.3, -0.25) is 19.3 Å². The lowest BCUT2D eigenvalue weighted by Gasteiger charge is -2.34. The first-order chi connectivity index (χ1) is 16.2. The van der Waals surface area contributed by atoms with E-state index in [9.17, 15) is 24.3 Å². The third-order valence-corrected chi connectivity index (χ3v) is 6.36. The quantitative estimate of drug-likeness (QED) is 0.288. The van der Waals surface area contributed by atoms with Gasteiger partial charge in [-0.2, -0.15) is 0 Å². The van der Waals surface area contributed by atoms with Gasteiger partial charge in [-0.25, -0.2) is 9.69 Å². The second-order valence-corrected chi connectivity index (χ2v) is 9.20. The van der Waals surface area contributed by atoms with E-state index < -0.39 is 22.7 Å². The summed E-state index contributed by atoms with van der Waals surface area (Å²) in [5.74, 6) is -2.40. The number of carbonyl (C=O) groups is 4. The van der Waals surface area contributed by atoms with Crippen molar-refractivity contribution < 1.29 is 24.3 Å². The first kappa shape index (κ1) is 23.5. The SMILES string of the molecule is CCCCC(=O)N(c1ccc2c(N3C(=O)c4ccccc4C3=O)cccc2c1)[C@](C)(S)C(=O)O. The number of rotatable bonds is 7. The average molecular weight is 477 g/mol. The van der Waals surface area contributed by atoms with Crippen LogP contribution in [-0.4, -0.2) is 33.7 Å². The molecule has 1 N–H and O–H groups in total. The molecule has 1 atom stereocenters. The van der Waals surface area contributed by atoms with Crippen LogP contribution < -0.4 is 9.80 Å². The molecule has 7 nitrogen and oxygen atoms in total. The number of imide groups is 1. The predicted octanol–water partition coefficient (Wildman–Crippen LogP) is 4.89. The molecule has 0 saturated carbocycles. The Morgan fingerprint density at radius 3 is 2.24 bits per heavy atom. The number of anilines is 2. The van der Waals surface area contributed by atoms with Crippen LogP contribution in [0.4, 0.5) is 11.4 Å². The molecule has 1 heterocycles. The van der Waals surface area contributed by atoms with Crippen LogP contribution in [0.15, 0.2) is 60.7 Å². The van der Waals surface area contributed by atoms with Gasteiger partial charge < -0.3 is 5.11 Å². The molecule has 3 aromatic carbocycles. The predicted molar refractivity (Wildman–Crippen MR) is 134 cm³/mol. The summed E-state index contributed by atoms with van der Waals surface area (Å²) >= 11 is 4.30. The summed E-state index contributed by atoms with van der Waals surface area (Å²) in [4.78, 5) is 51.5. The highest BCUT2D eigenvalue weighted by molar-refractivity contribution is 7.82. The number of carboxylic acids is 1. The topological polar surface area (TPSA) is 95.0 Å². The van der Waals surface area contributed by atoms with E-state index in [2.05, 4.69) is 12.6 Å². The van der Waals surface area contributed by atoms with Crippen molar-refractivity contribution in [1.82, 2.24) is 0 Å². The van der Waals surface area contributed by atoms with Crippen molar-refractivity contribution in [2.75, 3.05) is 9.80 Å². The fourth-order valence-electron chi connectivity index (χ4n) is 4.17. The lowest BCUT2D eigenvalue weighted by atomic mass is 10.0. The lowest BCUT2D eigenvalue weighted by Crippen LogP contribution is -2.51. The second-order valence-electron chi connectivity index (χ2n) is 8.33. The Kier molecular flexibility index (Phi) is 6.18. The number of carbonyl (C=O) groups excluding carboxylic acids is 3. The fourth-order valence-corrected chi connectivity index (χ4v) is 4.40. The smallest absolute Gasteiger partial charge is 0.340 e. The van der Waals surface area contributed by atoms with Gasteiger partial charge in [-0.05, 0) is 49.1 Å². The number of thiol groups is 1. The molecule has 0 fully saturated rings. The number of carboxylic acid groups (broad SMARTS) is 1. The highest BCUT2D eigenvalue weighted by Crippen LogP contribution is 2.37. The zero-order valence-corrected chi connectivity index (χ0v) is 19.7. The molecule has 8 heteroatoms. The molecule has 0 spiro atoms.